The van der Waals surface area contributed by atoms with Gasteiger partial charge in [0, 0.05) is 18.7 Å². The summed E-state index contributed by atoms with van der Waals surface area (Å²) in [5, 5.41) is 11.7. The Hall–Kier alpha value is -1.58. The first-order valence-electron chi connectivity index (χ1n) is 5.81. The van der Waals surface area contributed by atoms with Crippen LogP contribution in [-0.4, -0.2) is 17.6 Å². The minimum atomic E-state index is -0.743. The highest BCUT2D eigenvalue weighted by molar-refractivity contribution is 5.66. The summed E-state index contributed by atoms with van der Waals surface area (Å²) in [4.78, 5) is 10.3. The summed E-state index contributed by atoms with van der Waals surface area (Å²) >= 11 is 0. The second kappa shape index (κ2) is 6.89. The quantitative estimate of drug-likeness (QED) is 0.718. The van der Waals surface area contributed by atoms with Gasteiger partial charge in [-0.2, -0.15) is 0 Å². The average Bonchev–Trinajstić information content (AvgIpc) is 2.25. The molecule has 17 heavy (non-hydrogen) atoms. The van der Waals surface area contributed by atoms with Crippen molar-refractivity contribution in [1.29, 1.82) is 0 Å². The van der Waals surface area contributed by atoms with Crippen molar-refractivity contribution in [3.8, 4) is 0 Å². The predicted octanol–water partition coefficient (Wildman–Crippen LogP) is 3.19. The van der Waals surface area contributed by atoms with Crippen LogP contribution in [0, 0.1) is 12.7 Å². The summed E-state index contributed by atoms with van der Waals surface area (Å²) in [6.07, 6.45) is 2.75. The van der Waals surface area contributed by atoms with E-state index in [1.165, 1.54) is 12.1 Å². The van der Waals surface area contributed by atoms with Gasteiger partial charge in [0.1, 0.15) is 5.82 Å². The van der Waals surface area contributed by atoms with Crippen LogP contribution in [0.1, 0.15) is 31.2 Å². The minimum Gasteiger partial charge on any atom is -0.481 e. The Morgan fingerprint density at radius 2 is 2.12 bits per heavy atom. The van der Waals surface area contributed by atoms with Crippen LogP contribution in [0.4, 0.5) is 10.1 Å². The monoisotopic (exact) mass is 239 g/mol. The van der Waals surface area contributed by atoms with Crippen molar-refractivity contribution < 1.29 is 14.3 Å². The lowest BCUT2D eigenvalue weighted by atomic mass is 10.1. The minimum absolute atomic E-state index is 0.227. The molecule has 0 bridgehead atoms. The molecule has 0 heterocycles. The van der Waals surface area contributed by atoms with Gasteiger partial charge in [0.05, 0.1) is 0 Å². The van der Waals surface area contributed by atoms with E-state index in [9.17, 15) is 9.18 Å². The molecule has 0 aliphatic carbocycles. The van der Waals surface area contributed by atoms with Gasteiger partial charge in [0.15, 0.2) is 0 Å². The van der Waals surface area contributed by atoms with E-state index in [-0.39, 0.29) is 12.2 Å². The molecule has 1 rings (SSSR count). The lowest BCUT2D eigenvalue weighted by Gasteiger charge is -2.09. The van der Waals surface area contributed by atoms with Crippen molar-refractivity contribution in [3.05, 3.63) is 29.6 Å². The maximum absolute atomic E-state index is 12.8. The van der Waals surface area contributed by atoms with Crippen LogP contribution in [0.2, 0.25) is 0 Å². The van der Waals surface area contributed by atoms with E-state index in [0.29, 0.717) is 6.42 Å². The van der Waals surface area contributed by atoms with Gasteiger partial charge in [-0.15, -0.1) is 0 Å². The molecule has 0 radical (unpaired) electrons. The van der Waals surface area contributed by atoms with Gasteiger partial charge in [-0.3, -0.25) is 4.79 Å². The smallest absolute Gasteiger partial charge is 0.303 e. The molecule has 2 N–H and O–H groups in total. The third-order valence-corrected chi connectivity index (χ3v) is 2.57. The van der Waals surface area contributed by atoms with Crippen molar-refractivity contribution in [2.24, 2.45) is 0 Å². The summed E-state index contributed by atoms with van der Waals surface area (Å²) in [6, 6.07) is 4.65. The number of halogens is 1. The first-order chi connectivity index (χ1) is 8.09. The normalized spacial score (nSPS) is 10.2. The highest BCUT2D eigenvalue weighted by Crippen LogP contribution is 2.15. The largest absolute Gasteiger partial charge is 0.481 e. The van der Waals surface area contributed by atoms with Crippen molar-refractivity contribution in [1.82, 2.24) is 0 Å². The molecule has 0 fully saturated rings. The molecule has 0 aliphatic heterocycles. The number of nitrogens with one attached hydrogen (secondary N) is 1. The molecule has 0 unspecified atom stereocenters. The number of aliphatic carboxylic acids is 1. The topological polar surface area (TPSA) is 49.3 Å². The fraction of sp³-hybridized carbons (Fsp3) is 0.462. The number of carbonyl (C=O) groups is 1. The molecular formula is C13H18FNO2. The molecule has 0 spiro atoms. The third-order valence-electron chi connectivity index (χ3n) is 2.57. The zero-order valence-electron chi connectivity index (χ0n) is 10.0. The summed E-state index contributed by atoms with van der Waals surface area (Å²) in [5.41, 5.74) is 1.82. The zero-order valence-corrected chi connectivity index (χ0v) is 10.0. The van der Waals surface area contributed by atoms with Crippen LogP contribution in [0.3, 0.4) is 0 Å². The van der Waals surface area contributed by atoms with E-state index >= 15 is 0 Å². The second-order valence-electron chi connectivity index (χ2n) is 4.09. The number of hydrogen-bond acceptors (Lipinski definition) is 2. The van der Waals surface area contributed by atoms with E-state index in [2.05, 4.69) is 5.32 Å². The Morgan fingerprint density at radius 3 is 2.76 bits per heavy atom. The zero-order chi connectivity index (χ0) is 12.7. The Balaban J connectivity index is 2.20. The third kappa shape index (κ3) is 5.33. The van der Waals surface area contributed by atoms with Crippen LogP contribution in [0.25, 0.3) is 0 Å². The molecule has 0 aromatic heterocycles. The van der Waals surface area contributed by atoms with E-state index < -0.39 is 5.97 Å². The van der Waals surface area contributed by atoms with E-state index in [1.807, 2.05) is 6.92 Å². The van der Waals surface area contributed by atoms with Gasteiger partial charge < -0.3 is 10.4 Å². The van der Waals surface area contributed by atoms with Gasteiger partial charge in [-0.05, 0) is 43.5 Å². The van der Waals surface area contributed by atoms with E-state index in [0.717, 1.165) is 30.6 Å². The first-order valence-corrected chi connectivity index (χ1v) is 5.81. The maximum Gasteiger partial charge on any atom is 0.303 e. The molecule has 94 valence electrons. The Labute approximate surface area is 101 Å². The number of anilines is 1. The SMILES string of the molecule is Cc1cc(F)ccc1NCCCCCC(=O)O. The fourth-order valence-electron chi connectivity index (χ4n) is 1.63. The van der Waals surface area contributed by atoms with Crippen molar-refractivity contribution >= 4 is 11.7 Å². The van der Waals surface area contributed by atoms with E-state index in [4.69, 9.17) is 5.11 Å². The molecular weight excluding hydrogens is 221 g/mol. The van der Waals surface area contributed by atoms with Crippen LogP contribution in [-0.2, 0) is 4.79 Å². The molecule has 0 saturated carbocycles. The summed E-state index contributed by atoms with van der Waals surface area (Å²) in [7, 11) is 0. The van der Waals surface area contributed by atoms with Gasteiger partial charge in [-0.25, -0.2) is 4.39 Å². The number of hydrogen-bond donors (Lipinski definition) is 2. The van der Waals surface area contributed by atoms with Crippen LogP contribution < -0.4 is 5.32 Å². The molecule has 0 saturated heterocycles. The lowest BCUT2D eigenvalue weighted by molar-refractivity contribution is -0.137. The van der Waals surface area contributed by atoms with Gasteiger partial charge in [-0.1, -0.05) is 6.42 Å². The summed E-state index contributed by atoms with van der Waals surface area (Å²) in [6.45, 7) is 2.64. The summed E-state index contributed by atoms with van der Waals surface area (Å²) in [5.74, 6) is -0.971. The highest BCUT2D eigenvalue weighted by atomic mass is 19.1. The number of unbranched alkanes of at least 4 members (excludes halogenated alkanes) is 2. The van der Waals surface area contributed by atoms with Crippen LogP contribution in [0.15, 0.2) is 18.2 Å². The Morgan fingerprint density at radius 1 is 1.35 bits per heavy atom. The van der Waals surface area contributed by atoms with Crippen molar-refractivity contribution in [3.63, 3.8) is 0 Å². The first kappa shape index (κ1) is 13.5. The maximum atomic E-state index is 12.8. The average molecular weight is 239 g/mol. The van der Waals surface area contributed by atoms with Crippen molar-refractivity contribution in [2.45, 2.75) is 32.6 Å². The van der Waals surface area contributed by atoms with Gasteiger partial charge >= 0.3 is 5.97 Å². The number of carboxylic acid groups (broad SMARTS) is 1. The summed E-state index contributed by atoms with van der Waals surface area (Å²) < 4.78 is 12.8. The molecule has 0 atom stereocenters. The van der Waals surface area contributed by atoms with Gasteiger partial charge in [0.2, 0.25) is 0 Å². The Kier molecular flexibility index (Phi) is 5.46. The number of carboxylic acids is 1. The molecule has 1 aromatic carbocycles. The van der Waals surface area contributed by atoms with Crippen molar-refractivity contribution in [2.75, 3.05) is 11.9 Å². The lowest BCUT2D eigenvalue weighted by Crippen LogP contribution is -2.03. The molecule has 4 heteroatoms. The van der Waals surface area contributed by atoms with E-state index in [1.54, 1.807) is 6.07 Å². The molecule has 0 amide bonds. The molecule has 3 nitrogen and oxygen atoms in total. The standard InChI is InChI=1S/C13H18FNO2/c1-10-9-11(14)6-7-12(10)15-8-4-2-3-5-13(16)17/h6-7,9,15H,2-5,8H2,1H3,(H,16,17). The van der Waals surface area contributed by atoms with Crippen LogP contribution >= 0.6 is 0 Å². The van der Waals surface area contributed by atoms with Crippen LogP contribution in [0.5, 0.6) is 0 Å². The second-order valence-corrected chi connectivity index (χ2v) is 4.09. The molecule has 1 aromatic rings. The predicted molar refractivity (Wildman–Crippen MR) is 65.7 cm³/mol. The number of rotatable bonds is 7. The fourth-order valence-corrected chi connectivity index (χ4v) is 1.63. The molecule has 0 aliphatic rings. The highest BCUT2D eigenvalue weighted by Gasteiger charge is 1.99. The number of benzene rings is 1. The number of aryl methyl sites for hydroxylation is 1. The van der Waals surface area contributed by atoms with Gasteiger partial charge in [0.25, 0.3) is 0 Å². The Bertz CT molecular complexity index is 380.